The highest BCUT2D eigenvalue weighted by atomic mass is 32.2. The summed E-state index contributed by atoms with van der Waals surface area (Å²) in [4.78, 5) is 0. The molecule has 0 bridgehead atoms. The smallest absolute Gasteiger partial charge is 0.195 e. The molecule has 2 aliphatic heterocycles. The predicted octanol–water partition coefficient (Wildman–Crippen LogP) is 2.51. The molecule has 1 aromatic rings. The number of thioether (sulfide) groups is 1. The number of benzene rings is 1. The SMILES string of the molecule is O=S(=O)(N1CCCC1)N1CCSC(c2ccccc2)CC1. The van der Waals surface area contributed by atoms with Crippen molar-refractivity contribution >= 4 is 22.0 Å². The molecule has 1 unspecified atom stereocenters. The molecule has 2 aliphatic rings. The van der Waals surface area contributed by atoms with E-state index in [1.807, 2.05) is 17.8 Å². The maximum Gasteiger partial charge on any atom is 0.282 e. The molecule has 3 rings (SSSR count). The van der Waals surface area contributed by atoms with Crippen molar-refractivity contribution in [2.75, 3.05) is 31.9 Å². The molecule has 6 heteroatoms. The summed E-state index contributed by atoms with van der Waals surface area (Å²) in [6, 6.07) is 10.4. The van der Waals surface area contributed by atoms with Crippen LogP contribution in [0.15, 0.2) is 30.3 Å². The van der Waals surface area contributed by atoms with Gasteiger partial charge in [0.05, 0.1) is 0 Å². The number of rotatable bonds is 3. The lowest BCUT2D eigenvalue weighted by Crippen LogP contribution is -2.43. The monoisotopic (exact) mass is 326 g/mol. The first kappa shape index (κ1) is 15.3. The minimum absolute atomic E-state index is 0.407. The number of hydrogen-bond acceptors (Lipinski definition) is 3. The molecule has 2 saturated heterocycles. The summed E-state index contributed by atoms with van der Waals surface area (Å²) in [5.74, 6) is 0.868. The quantitative estimate of drug-likeness (QED) is 0.857. The van der Waals surface area contributed by atoms with Gasteiger partial charge in [-0.15, -0.1) is 0 Å². The van der Waals surface area contributed by atoms with Crippen molar-refractivity contribution in [1.82, 2.24) is 8.61 Å². The van der Waals surface area contributed by atoms with E-state index in [-0.39, 0.29) is 0 Å². The van der Waals surface area contributed by atoms with Crippen LogP contribution in [-0.2, 0) is 10.2 Å². The fourth-order valence-electron chi connectivity index (χ4n) is 3.00. The van der Waals surface area contributed by atoms with Gasteiger partial charge in [-0.05, 0) is 24.8 Å². The predicted molar refractivity (Wildman–Crippen MR) is 87.6 cm³/mol. The first-order valence-electron chi connectivity index (χ1n) is 7.60. The van der Waals surface area contributed by atoms with Gasteiger partial charge in [0.2, 0.25) is 0 Å². The molecule has 0 N–H and O–H groups in total. The van der Waals surface area contributed by atoms with Crippen LogP contribution < -0.4 is 0 Å². The molecule has 116 valence electrons. The second kappa shape index (κ2) is 6.69. The minimum atomic E-state index is -3.24. The van der Waals surface area contributed by atoms with Crippen LogP contribution in [0.1, 0.15) is 30.1 Å². The molecular weight excluding hydrogens is 304 g/mol. The number of hydrogen-bond donors (Lipinski definition) is 0. The Balaban J connectivity index is 1.68. The third-order valence-electron chi connectivity index (χ3n) is 4.19. The molecular formula is C15H22N2O2S2. The van der Waals surface area contributed by atoms with E-state index in [1.54, 1.807) is 8.61 Å². The van der Waals surface area contributed by atoms with Gasteiger partial charge in [0.15, 0.2) is 0 Å². The van der Waals surface area contributed by atoms with Crippen molar-refractivity contribution < 1.29 is 8.42 Å². The Bertz CT molecular complexity index is 556. The van der Waals surface area contributed by atoms with E-state index < -0.39 is 10.2 Å². The van der Waals surface area contributed by atoms with Crippen molar-refractivity contribution in [3.63, 3.8) is 0 Å². The van der Waals surface area contributed by atoms with Gasteiger partial charge < -0.3 is 0 Å². The van der Waals surface area contributed by atoms with Gasteiger partial charge >= 0.3 is 0 Å². The molecule has 0 aliphatic carbocycles. The highest BCUT2D eigenvalue weighted by molar-refractivity contribution is 7.99. The molecule has 0 spiro atoms. The van der Waals surface area contributed by atoms with Crippen LogP contribution in [0.5, 0.6) is 0 Å². The Morgan fingerprint density at radius 2 is 1.62 bits per heavy atom. The van der Waals surface area contributed by atoms with Crippen LogP contribution in [0.3, 0.4) is 0 Å². The van der Waals surface area contributed by atoms with Gasteiger partial charge in [-0.2, -0.15) is 28.8 Å². The third-order valence-corrected chi connectivity index (χ3v) is 7.55. The van der Waals surface area contributed by atoms with Crippen LogP contribution in [-0.4, -0.2) is 49.0 Å². The Morgan fingerprint density at radius 1 is 0.952 bits per heavy atom. The molecule has 0 radical (unpaired) electrons. The van der Waals surface area contributed by atoms with E-state index in [9.17, 15) is 8.42 Å². The first-order valence-corrected chi connectivity index (χ1v) is 10.0. The van der Waals surface area contributed by atoms with Gasteiger partial charge in [0.1, 0.15) is 0 Å². The zero-order valence-electron chi connectivity index (χ0n) is 12.1. The Labute approximate surface area is 131 Å². The van der Waals surface area contributed by atoms with Gasteiger partial charge in [-0.3, -0.25) is 0 Å². The number of nitrogens with zero attached hydrogens (tertiary/aromatic N) is 2. The van der Waals surface area contributed by atoms with Crippen LogP contribution in [0.2, 0.25) is 0 Å². The van der Waals surface area contributed by atoms with Crippen LogP contribution >= 0.6 is 11.8 Å². The van der Waals surface area contributed by atoms with E-state index in [4.69, 9.17) is 0 Å². The van der Waals surface area contributed by atoms with E-state index in [1.165, 1.54) is 5.56 Å². The average molecular weight is 326 g/mol. The van der Waals surface area contributed by atoms with Crippen LogP contribution in [0.4, 0.5) is 0 Å². The van der Waals surface area contributed by atoms with Gasteiger partial charge in [-0.1, -0.05) is 30.3 Å². The zero-order chi connectivity index (χ0) is 14.7. The summed E-state index contributed by atoms with van der Waals surface area (Å²) in [7, 11) is -3.24. The molecule has 4 nitrogen and oxygen atoms in total. The average Bonchev–Trinajstić information content (AvgIpc) is 2.93. The zero-order valence-corrected chi connectivity index (χ0v) is 13.8. The van der Waals surface area contributed by atoms with Crippen LogP contribution in [0.25, 0.3) is 0 Å². The molecule has 21 heavy (non-hydrogen) atoms. The lowest BCUT2D eigenvalue weighted by Gasteiger charge is -2.25. The fourth-order valence-corrected chi connectivity index (χ4v) is 6.05. The summed E-state index contributed by atoms with van der Waals surface area (Å²) in [5, 5.41) is 0.407. The summed E-state index contributed by atoms with van der Waals surface area (Å²) >= 11 is 1.87. The maximum atomic E-state index is 12.6. The third kappa shape index (κ3) is 3.44. The summed E-state index contributed by atoms with van der Waals surface area (Å²) < 4.78 is 28.6. The van der Waals surface area contributed by atoms with Crippen LogP contribution in [0, 0.1) is 0 Å². The highest BCUT2D eigenvalue weighted by Crippen LogP contribution is 2.35. The summed E-state index contributed by atoms with van der Waals surface area (Å²) in [5.41, 5.74) is 1.31. The Kier molecular flexibility index (Phi) is 4.88. The van der Waals surface area contributed by atoms with E-state index in [0.29, 0.717) is 31.4 Å². The summed E-state index contributed by atoms with van der Waals surface area (Å²) in [6.45, 7) is 2.64. The standard InChI is InChI=1S/C15H22N2O2S2/c18-21(19,16-9-4-5-10-16)17-11-8-15(20-13-12-17)14-6-2-1-3-7-14/h1-3,6-7,15H,4-5,8-13H2. The van der Waals surface area contributed by atoms with E-state index in [2.05, 4.69) is 24.3 Å². The molecule has 2 heterocycles. The van der Waals surface area contributed by atoms with Crippen molar-refractivity contribution in [3.8, 4) is 0 Å². The van der Waals surface area contributed by atoms with Crippen molar-refractivity contribution in [2.24, 2.45) is 0 Å². The van der Waals surface area contributed by atoms with Crippen molar-refractivity contribution in [2.45, 2.75) is 24.5 Å². The topological polar surface area (TPSA) is 40.6 Å². The molecule has 1 atom stereocenters. The fraction of sp³-hybridized carbons (Fsp3) is 0.600. The Morgan fingerprint density at radius 3 is 2.33 bits per heavy atom. The first-order chi connectivity index (χ1) is 10.2. The lowest BCUT2D eigenvalue weighted by atomic mass is 10.1. The lowest BCUT2D eigenvalue weighted by molar-refractivity contribution is 0.370. The molecule has 2 fully saturated rings. The normalized spacial score (nSPS) is 25.8. The summed E-state index contributed by atoms with van der Waals surface area (Å²) in [6.07, 6.45) is 2.88. The van der Waals surface area contributed by atoms with Gasteiger partial charge in [-0.25, -0.2) is 0 Å². The van der Waals surface area contributed by atoms with Gasteiger partial charge in [0.25, 0.3) is 10.2 Å². The molecule has 0 saturated carbocycles. The minimum Gasteiger partial charge on any atom is -0.195 e. The van der Waals surface area contributed by atoms with Crippen molar-refractivity contribution in [3.05, 3.63) is 35.9 Å². The van der Waals surface area contributed by atoms with E-state index >= 15 is 0 Å². The largest absolute Gasteiger partial charge is 0.282 e. The molecule has 0 aromatic heterocycles. The van der Waals surface area contributed by atoms with E-state index in [0.717, 1.165) is 25.0 Å². The molecule has 0 amide bonds. The van der Waals surface area contributed by atoms with Crippen molar-refractivity contribution in [1.29, 1.82) is 0 Å². The Hall–Kier alpha value is -0.560. The second-order valence-corrected chi connectivity index (χ2v) is 8.81. The van der Waals surface area contributed by atoms with Gasteiger partial charge in [0, 0.05) is 37.2 Å². The second-order valence-electron chi connectivity index (χ2n) is 5.57. The highest BCUT2D eigenvalue weighted by Gasteiger charge is 2.33. The maximum absolute atomic E-state index is 12.6. The molecule has 1 aromatic carbocycles.